The molecule has 0 fully saturated rings. The van der Waals surface area contributed by atoms with Crippen molar-refractivity contribution in [1.29, 1.82) is 0 Å². The van der Waals surface area contributed by atoms with Crippen LogP contribution in [-0.2, 0) is 36.8 Å². The summed E-state index contributed by atoms with van der Waals surface area (Å²) < 4.78 is 0. The topological polar surface area (TPSA) is 251 Å². The molecule has 10 N–H and O–H groups in total. The molecule has 0 saturated heterocycles. The molecule has 0 aliphatic carbocycles. The minimum Gasteiger partial charge on any atom is -0.480 e. The normalized spacial score (nSPS) is 14.3. The lowest BCUT2D eigenvalue weighted by atomic mass is 10.0. The molecule has 0 aliphatic rings. The van der Waals surface area contributed by atoms with Gasteiger partial charge in [0.25, 0.3) is 0 Å². The highest BCUT2D eigenvalue weighted by atomic mass is 16.4. The summed E-state index contributed by atoms with van der Waals surface area (Å²) >= 11 is 0. The molecular weight excluding hydrogens is 486 g/mol. The minimum absolute atomic E-state index is 0.0303. The van der Waals surface area contributed by atoms with Crippen LogP contribution in [0.15, 0.2) is 25.0 Å². The van der Waals surface area contributed by atoms with Crippen LogP contribution < -0.4 is 27.4 Å². The average Bonchev–Trinajstić information content (AvgIpc) is 3.51. The zero-order valence-electron chi connectivity index (χ0n) is 20.6. The van der Waals surface area contributed by atoms with Crippen molar-refractivity contribution in [2.75, 3.05) is 0 Å². The third kappa shape index (κ3) is 9.71. The van der Waals surface area contributed by atoms with E-state index >= 15 is 0 Å². The molecule has 0 saturated carbocycles. The van der Waals surface area contributed by atoms with E-state index < -0.39 is 60.2 Å². The van der Waals surface area contributed by atoms with Gasteiger partial charge in [0.05, 0.1) is 25.1 Å². The molecule has 0 aliphatic heterocycles. The number of aliphatic carboxylic acids is 1. The van der Waals surface area contributed by atoms with Gasteiger partial charge in [-0.15, -0.1) is 0 Å². The van der Waals surface area contributed by atoms with Gasteiger partial charge in [-0.1, -0.05) is 13.8 Å². The number of nitrogens with zero attached hydrogens (tertiary/aromatic N) is 2. The first kappa shape index (κ1) is 29.0. The molecule has 2 rings (SSSR count). The molecule has 2 heterocycles. The van der Waals surface area contributed by atoms with Gasteiger partial charge in [0.1, 0.15) is 18.1 Å². The van der Waals surface area contributed by atoms with Crippen LogP contribution >= 0.6 is 0 Å². The number of hydrogen-bond acceptors (Lipinski definition) is 8. The number of carbonyl (C=O) groups is 5. The van der Waals surface area contributed by atoms with Crippen molar-refractivity contribution in [3.05, 3.63) is 36.4 Å². The number of primary amides is 1. The van der Waals surface area contributed by atoms with E-state index in [4.69, 9.17) is 11.5 Å². The summed E-state index contributed by atoms with van der Waals surface area (Å²) in [4.78, 5) is 75.0. The molecule has 4 unspecified atom stereocenters. The van der Waals surface area contributed by atoms with Gasteiger partial charge in [0.15, 0.2) is 0 Å². The number of amides is 4. The zero-order valence-corrected chi connectivity index (χ0v) is 20.6. The molecule has 4 amide bonds. The van der Waals surface area contributed by atoms with Crippen LogP contribution in [0.4, 0.5) is 0 Å². The number of carboxylic acids is 1. The zero-order chi connectivity index (χ0) is 27.5. The van der Waals surface area contributed by atoms with Crippen LogP contribution in [0.1, 0.15) is 38.1 Å². The second-order valence-corrected chi connectivity index (χ2v) is 8.99. The maximum absolute atomic E-state index is 13.2. The first-order valence-corrected chi connectivity index (χ1v) is 11.6. The Labute approximate surface area is 212 Å². The van der Waals surface area contributed by atoms with Crippen LogP contribution in [0, 0.1) is 5.92 Å². The van der Waals surface area contributed by atoms with E-state index in [1.807, 2.05) is 13.8 Å². The Morgan fingerprint density at radius 2 is 1.35 bits per heavy atom. The van der Waals surface area contributed by atoms with Gasteiger partial charge >= 0.3 is 5.97 Å². The predicted octanol–water partition coefficient (Wildman–Crippen LogP) is -2.29. The summed E-state index contributed by atoms with van der Waals surface area (Å²) in [6.45, 7) is 3.66. The molecule has 4 atom stereocenters. The van der Waals surface area contributed by atoms with Crippen molar-refractivity contribution in [3.8, 4) is 0 Å². The van der Waals surface area contributed by atoms with Crippen LogP contribution in [0.25, 0.3) is 0 Å². The Balaban J connectivity index is 2.19. The third-order valence-electron chi connectivity index (χ3n) is 5.30. The summed E-state index contributed by atoms with van der Waals surface area (Å²) in [5.74, 6) is -4.27. The van der Waals surface area contributed by atoms with E-state index in [-0.39, 0.29) is 25.2 Å². The van der Waals surface area contributed by atoms with Crippen molar-refractivity contribution in [1.82, 2.24) is 35.9 Å². The van der Waals surface area contributed by atoms with Crippen molar-refractivity contribution < 1.29 is 29.1 Å². The number of H-pyrrole nitrogens is 2. The van der Waals surface area contributed by atoms with Gasteiger partial charge in [-0.2, -0.15) is 0 Å². The summed E-state index contributed by atoms with van der Waals surface area (Å²) in [5.41, 5.74) is 11.8. The van der Waals surface area contributed by atoms with E-state index in [9.17, 15) is 29.1 Å². The first-order chi connectivity index (χ1) is 17.5. The number of rotatable bonds is 15. The smallest absolute Gasteiger partial charge is 0.326 e. The molecule has 2 aromatic rings. The molecule has 37 heavy (non-hydrogen) atoms. The number of aromatic nitrogens is 4. The van der Waals surface area contributed by atoms with Crippen molar-refractivity contribution in [2.45, 2.75) is 63.7 Å². The lowest BCUT2D eigenvalue weighted by Gasteiger charge is -2.25. The summed E-state index contributed by atoms with van der Waals surface area (Å²) in [6, 6.07) is -4.83. The monoisotopic (exact) mass is 519 g/mol. The fourth-order valence-corrected chi connectivity index (χ4v) is 3.48. The first-order valence-electron chi connectivity index (χ1n) is 11.6. The molecule has 0 radical (unpaired) electrons. The number of aromatic amines is 2. The van der Waals surface area contributed by atoms with Crippen LogP contribution in [0.3, 0.4) is 0 Å². The Kier molecular flexibility index (Phi) is 10.7. The molecule has 15 heteroatoms. The number of carboxylic acid groups (broad SMARTS) is 1. The second kappa shape index (κ2) is 13.7. The van der Waals surface area contributed by atoms with Crippen molar-refractivity contribution in [2.24, 2.45) is 17.4 Å². The number of nitrogens with two attached hydrogens (primary N) is 2. The summed E-state index contributed by atoms with van der Waals surface area (Å²) in [5, 5.41) is 17.1. The number of nitrogens with one attached hydrogen (secondary N) is 5. The Bertz CT molecular complexity index is 1050. The molecule has 0 aromatic carbocycles. The number of hydrogen-bond donors (Lipinski definition) is 8. The van der Waals surface area contributed by atoms with Crippen molar-refractivity contribution >= 4 is 29.6 Å². The third-order valence-corrected chi connectivity index (χ3v) is 5.30. The minimum atomic E-state index is -1.30. The fourth-order valence-electron chi connectivity index (χ4n) is 3.48. The van der Waals surface area contributed by atoms with E-state index in [2.05, 4.69) is 35.9 Å². The van der Waals surface area contributed by atoms with E-state index in [1.165, 1.54) is 25.0 Å². The van der Waals surface area contributed by atoms with Gasteiger partial charge in [-0.05, 0) is 12.3 Å². The Morgan fingerprint density at radius 3 is 1.81 bits per heavy atom. The van der Waals surface area contributed by atoms with E-state index in [0.717, 1.165) is 0 Å². The second-order valence-electron chi connectivity index (χ2n) is 8.99. The quantitative estimate of drug-likeness (QED) is 0.126. The standard InChI is InChI=1S/C22H33N9O6/c1-11(2)3-15(29-19(33)14(23)6-18(24)32)20(34)30-16(4-12-7-25-9-27-12)21(35)31-17(22(36)37)5-13-8-26-10-28-13/h7-11,14-17H,3-6,23H2,1-2H3,(H2,24,32)(H,25,27)(H,26,28)(H,29,33)(H,30,34)(H,31,35)(H,36,37). The fraction of sp³-hybridized carbons (Fsp3) is 0.500. The summed E-state index contributed by atoms with van der Waals surface area (Å²) in [7, 11) is 0. The molecule has 2 aromatic heterocycles. The maximum atomic E-state index is 13.2. The van der Waals surface area contributed by atoms with Crippen LogP contribution in [-0.4, -0.2) is 78.8 Å². The van der Waals surface area contributed by atoms with Gasteiger partial charge in [-0.25, -0.2) is 14.8 Å². The van der Waals surface area contributed by atoms with Gasteiger partial charge in [0, 0.05) is 36.6 Å². The van der Waals surface area contributed by atoms with E-state index in [0.29, 0.717) is 11.4 Å². The van der Waals surface area contributed by atoms with Crippen LogP contribution in [0.2, 0.25) is 0 Å². The molecule has 202 valence electrons. The lowest BCUT2D eigenvalue weighted by molar-refractivity contribution is -0.142. The SMILES string of the molecule is CC(C)CC(NC(=O)C(N)CC(N)=O)C(=O)NC(Cc1cnc[nH]1)C(=O)NC(Cc1cnc[nH]1)C(=O)O. The largest absolute Gasteiger partial charge is 0.480 e. The molecule has 0 bridgehead atoms. The lowest BCUT2D eigenvalue weighted by Crippen LogP contribution is -2.58. The highest BCUT2D eigenvalue weighted by Crippen LogP contribution is 2.08. The molecule has 0 spiro atoms. The molecule has 15 nitrogen and oxygen atoms in total. The van der Waals surface area contributed by atoms with E-state index in [1.54, 1.807) is 0 Å². The van der Waals surface area contributed by atoms with Gasteiger partial charge in [0.2, 0.25) is 23.6 Å². The maximum Gasteiger partial charge on any atom is 0.326 e. The average molecular weight is 520 g/mol. The highest BCUT2D eigenvalue weighted by Gasteiger charge is 2.31. The predicted molar refractivity (Wildman–Crippen MR) is 129 cm³/mol. The Morgan fingerprint density at radius 1 is 0.865 bits per heavy atom. The highest BCUT2D eigenvalue weighted by molar-refractivity contribution is 5.95. The number of carbonyl (C=O) groups excluding carboxylic acids is 4. The van der Waals surface area contributed by atoms with Crippen LogP contribution in [0.5, 0.6) is 0 Å². The number of imidazole rings is 2. The van der Waals surface area contributed by atoms with Crippen molar-refractivity contribution in [3.63, 3.8) is 0 Å². The van der Waals surface area contributed by atoms with Gasteiger partial charge in [-0.3, -0.25) is 19.2 Å². The summed E-state index contributed by atoms with van der Waals surface area (Å²) in [6.07, 6.45) is 5.39. The molecular formula is C22H33N9O6. The Hall–Kier alpha value is -4.27. The van der Waals surface area contributed by atoms with Gasteiger partial charge < -0.3 is 42.5 Å².